The zero-order valence-corrected chi connectivity index (χ0v) is 16.7. The quantitative estimate of drug-likeness (QED) is 0.721. The molecular formula is C24H26N4O. The Morgan fingerprint density at radius 3 is 2.66 bits per heavy atom. The lowest BCUT2D eigenvalue weighted by Crippen LogP contribution is -2.44. The first-order valence-corrected chi connectivity index (χ1v) is 10.6. The first-order chi connectivity index (χ1) is 14.2. The van der Waals surface area contributed by atoms with Crippen molar-refractivity contribution in [3.05, 3.63) is 60.4 Å². The van der Waals surface area contributed by atoms with Gasteiger partial charge in [0.05, 0.1) is 5.69 Å². The van der Waals surface area contributed by atoms with Crippen molar-refractivity contribution in [3.8, 4) is 22.6 Å². The largest absolute Gasteiger partial charge is 0.488 e. The van der Waals surface area contributed by atoms with E-state index in [4.69, 9.17) is 4.74 Å². The molecular weight excluding hydrogens is 360 g/mol. The summed E-state index contributed by atoms with van der Waals surface area (Å²) in [5, 5.41) is 8.13. The van der Waals surface area contributed by atoms with Crippen molar-refractivity contribution in [2.24, 2.45) is 0 Å². The van der Waals surface area contributed by atoms with Gasteiger partial charge in [-0.1, -0.05) is 6.07 Å². The molecule has 3 aromatic rings. The fraction of sp³-hybridized carbons (Fsp3) is 0.375. The Hall–Kier alpha value is -2.79. The molecule has 2 aromatic carbocycles. The Morgan fingerprint density at radius 1 is 1.03 bits per heavy atom. The molecule has 5 heteroatoms. The van der Waals surface area contributed by atoms with E-state index in [2.05, 4.69) is 58.8 Å². The molecule has 4 heterocycles. The molecule has 1 N–H and O–H groups in total. The van der Waals surface area contributed by atoms with Gasteiger partial charge < -0.3 is 15.0 Å². The molecule has 0 amide bonds. The van der Waals surface area contributed by atoms with Gasteiger partial charge in [0.15, 0.2) is 0 Å². The Balaban J connectivity index is 1.24. The van der Waals surface area contributed by atoms with Crippen molar-refractivity contribution in [3.63, 3.8) is 0 Å². The minimum Gasteiger partial charge on any atom is -0.488 e. The van der Waals surface area contributed by atoms with Gasteiger partial charge in [-0.3, -0.25) is 0 Å². The molecule has 2 fully saturated rings. The normalized spacial score (nSPS) is 25.2. The molecule has 2 saturated heterocycles. The molecule has 5 nitrogen and oxygen atoms in total. The van der Waals surface area contributed by atoms with Crippen LogP contribution in [0.2, 0.25) is 0 Å². The lowest BCUT2D eigenvalue weighted by Gasteiger charge is -2.37. The number of ether oxygens (including phenoxy) is 1. The van der Waals surface area contributed by atoms with Crippen molar-refractivity contribution in [1.29, 1.82) is 0 Å². The van der Waals surface area contributed by atoms with Crippen molar-refractivity contribution in [2.45, 2.75) is 50.4 Å². The van der Waals surface area contributed by atoms with Crippen LogP contribution < -0.4 is 10.1 Å². The van der Waals surface area contributed by atoms with Gasteiger partial charge in [-0.2, -0.15) is 5.10 Å². The summed E-state index contributed by atoms with van der Waals surface area (Å²) in [6.07, 6.45) is 8.95. The predicted molar refractivity (Wildman–Crippen MR) is 115 cm³/mol. The van der Waals surface area contributed by atoms with Crippen LogP contribution in [0.4, 0.5) is 5.69 Å². The molecule has 2 bridgehead atoms. The monoisotopic (exact) mass is 386 g/mol. The van der Waals surface area contributed by atoms with Crippen LogP contribution in [0.15, 0.2) is 54.9 Å². The summed E-state index contributed by atoms with van der Waals surface area (Å²) in [5.74, 6) is 0.929. The second kappa shape index (κ2) is 6.63. The van der Waals surface area contributed by atoms with E-state index in [0.717, 1.165) is 29.1 Å². The summed E-state index contributed by atoms with van der Waals surface area (Å²) in [4.78, 5) is 2.59. The third kappa shape index (κ3) is 2.92. The Bertz CT molecular complexity index is 1030. The number of aromatic nitrogens is 2. The van der Waals surface area contributed by atoms with Crippen molar-refractivity contribution < 1.29 is 4.74 Å². The highest BCUT2D eigenvalue weighted by molar-refractivity contribution is 5.78. The maximum absolute atomic E-state index is 6.12. The van der Waals surface area contributed by atoms with Gasteiger partial charge in [0.25, 0.3) is 0 Å². The van der Waals surface area contributed by atoms with Gasteiger partial charge >= 0.3 is 0 Å². The van der Waals surface area contributed by atoms with Gasteiger partial charge in [-0.25, -0.2) is 4.68 Å². The third-order valence-corrected chi connectivity index (χ3v) is 6.98. The maximum Gasteiger partial charge on any atom is 0.129 e. The number of nitrogens with one attached hydrogen (secondary N) is 1. The molecule has 0 radical (unpaired) electrons. The van der Waals surface area contributed by atoms with Gasteiger partial charge in [0.2, 0.25) is 0 Å². The summed E-state index contributed by atoms with van der Waals surface area (Å²) in [5.41, 5.74) is 5.92. The molecule has 0 saturated carbocycles. The van der Waals surface area contributed by atoms with Crippen LogP contribution >= 0.6 is 0 Å². The van der Waals surface area contributed by atoms with Crippen LogP contribution in [0, 0.1) is 0 Å². The Kier molecular flexibility index (Phi) is 3.91. The van der Waals surface area contributed by atoms with Crippen molar-refractivity contribution in [1.82, 2.24) is 14.7 Å². The topological polar surface area (TPSA) is 42.3 Å². The van der Waals surface area contributed by atoms with E-state index in [-0.39, 0.29) is 0 Å². The Morgan fingerprint density at radius 2 is 1.86 bits per heavy atom. The lowest BCUT2D eigenvalue weighted by molar-refractivity contribution is 0.169. The second-order valence-electron chi connectivity index (χ2n) is 8.65. The predicted octanol–water partition coefficient (Wildman–Crippen LogP) is 4.47. The number of anilines is 1. The first-order valence-electron chi connectivity index (χ1n) is 10.6. The number of hydrogen-bond donors (Lipinski definition) is 1. The molecule has 148 valence electrons. The standard InChI is InChI=1S/C24H26N4O/c1-27-19-4-5-20(27)13-18(12-19)26-17-3-7-22-16(11-17)15-29-24-14-21(6-8-23(22)24)28-10-2-9-25-28/h2-3,6-11,14,18-20,26H,4-5,12-13,15H2,1H3/t18?,19-,20+. The van der Waals surface area contributed by atoms with Gasteiger partial charge in [-0.05, 0) is 74.2 Å². The average Bonchev–Trinajstić information content (AvgIpc) is 3.34. The summed E-state index contributed by atoms with van der Waals surface area (Å²) in [6, 6.07) is 17.1. The average molecular weight is 386 g/mol. The van der Waals surface area contributed by atoms with Crippen LogP contribution in [-0.4, -0.2) is 39.9 Å². The molecule has 1 aromatic heterocycles. The van der Waals surface area contributed by atoms with Crippen LogP contribution in [0.5, 0.6) is 5.75 Å². The number of benzene rings is 2. The number of rotatable bonds is 3. The van der Waals surface area contributed by atoms with E-state index in [0.29, 0.717) is 12.6 Å². The van der Waals surface area contributed by atoms with Gasteiger partial charge in [-0.15, -0.1) is 0 Å². The number of nitrogens with zero attached hydrogens (tertiary/aromatic N) is 3. The first kappa shape index (κ1) is 17.1. The van der Waals surface area contributed by atoms with E-state index < -0.39 is 0 Å². The number of fused-ring (bicyclic) bond motifs is 5. The van der Waals surface area contributed by atoms with E-state index in [1.165, 1.54) is 42.5 Å². The fourth-order valence-electron chi connectivity index (χ4n) is 5.40. The molecule has 3 atom stereocenters. The van der Waals surface area contributed by atoms with Gasteiger partial charge in [0.1, 0.15) is 12.4 Å². The zero-order valence-electron chi connectivity index (χ0n) is 16.7. The zero-order chi connectivity index (χ0) is 19.4. The summed E-state index contributed by atoms with van der Waals surface area (Å²) in [7, 11) is 2.30. The van der Waals surface area contributed by atoms with Gasteiger partial charge in [0, 0.05) is 47.8 Å². The lowest BCUT2D eigenvalue weighted by atomic mass is 9.95. The van der Waals surface area contributed by atoms with E-state index in [9.17, 15) is 0 Å². The van der Waals surface area contributed by atoms with Crippen LogP contribution in [0.1, 0.15) is 31.2 Å². The van der Waals surface area contributed by atoms with Crippen LogP contribution in [0.25, 0.3) is 16.8 Å². The smallest absolute Gasteiger partial charge is 0.129 e. The van der Waals surface area contributed by atoms with E-state index in [1.807, 2.05) is 16.9 Å². The fourth-order valence-corrected chi connectivity index (χ4v) is 5.40. The molecule has 3 aliphatic heterocycles. The molecule has 3 aliphatic rings. The molecule has 6 rings (SSSR count). The second-order valence-corrected chi connectivity index (χ2v) is 8.65. The van der Waals surface area contributed by atoms with E-state index in [1.54, 1.807) is 6.20 Å². The minimum absolute atomic E-state index is 0.579. The van der Waals surface area contributed by atoms with Crippen LogP contribution in [-0.2, 0) is 6.61 Å². The highest BCUT2D eigenvalue weighted by Crippen LogP contribution is 2.40. The van der Waals surface area contributed by atoms with Crippen molar-refractivity contribution in [2.75, 3.05) is 12.4 Å². The number of hydrogen-bond acceptors (Lipinski definition) is 4. The van der Waals surface area contributed by atoms with E-state index >= 15 is 0 Å². The molecule has 0 spiro atoms. The van der Waals surface area contributed by atoms with Crippen LogP contribution in [0.3, 0.4) is 0 Å². The summed E-state index contributed by atoms with van der Waals surface area (Å²) >= 11 is 0. The highest BCUT2D eigenvalue weighted by atomic mass is 16.5. The molecule has 29 heavy (non-hydrogen) atoms. The van der Waals surface area contributed by atoms with Crippen molar-refractivity contribution >= 4 is 5.69 Å². The highest BCUT2D eigenvalue weighted by Gasteiger charge is 2.38. The third-order valence-electron chi connectivity index (χ3n) is 6.98. The SMILES string of the molecule is CN1[C@@H]2CC[C@H]1CC(Nc1ccc3c(c1)COc1cc(-n4cccn4)ccc1-3)C2. The minimum atomic E-state index is 0.579. The number of piperidine rings is 1. The Labute approximate surface area is 171 Å². The summed E-state index contributed by atoms with van der Waals surface area (Å²) in [6.45, 7) is 0.610. The summed E-state index contributed by atoms with van der Waals surface area (Å²) < 4.78 is 7.98. The molecule has 0 aliphatic carbocycles. The molecule has 1 unspecified atom stereocenters. The maximum atomic E-state index is 6.12.